The van der Waals surface area contributed by atoms with Crippen molar-refractivity contribution in [2.75, 3.05) is 4.90 Å². The third-order valence-electron chi connectivity index (χ3n) is 10.4. The number of hydrogen-bond acceptors (Lipinski definition) is 3. The van der Waals surface area contributed by atoms with Crippen LogP contribution in [0.4, 0.5) is 17.1 Å². The Morgan fingerprint density at radius 2 is 0.873 bits per heavy atom. The van der Waals surface area contributed by atoms with Gasteiger partial charge in [-0.1, -0.05) is 158 Å². The number of rotatable bonds is 7. The molecule has 0 radical (unpaired) electrons. The monoisotopic (exact) mass is 701 g/mol. The first-order chi connectivity index (χ1) is 27.3. The molecule has 55 heavy (non-hydrogen) atoms. The average molecular weight is 702 g/mol. The van der Waals surface area contributed by atoms with Gasteiger partial charge < -0.3 is 4.90 Å². The van der Waals surface area contributed by atoms with Gasteiger partial charge in [-0.05, 0) is 76.5 Å². The first kappa shape index (κ1) is 32.3. The minimum Gasteiger partial charge on any atom is -0.310 e. The van der Waals surface area contributed by atoms with E-state index in [9.17, 15) is 0 Å². The maximum absolute atomic E-state index is 5.41. The molecule has 0 spiro atoms. The summed E-state index contributed by atoms with van der Waals surface area (Å²) in [5.41, 5.74) is 12.6. The van der Waals surface area contributed by atoms with E-state index in [4.69, 9.17) is 9.97 Å². The summed E-state index contributed by atoms with van der Waals surface area (Å²) in [7, 11) is 0. The van der Waals surface area contributed by atoms with Gasteiger partial charge in [-0.25, -0.2) is 9.97 Å². The maximum Gasteiger partial charge on any atom is 0.0788 e. The fraction of sp³-hybridized carbons (Fsp3) is 0. The first-order valence-corrected chi connectivity index (χ1v) is 18.7. The molecule has 0 aliphatic heterocycles. The maximum atomic E-state index is 5.41. The summed E-state index contributed by atoms with van der Waals surface area (Å²) >= 11 is 0. The molecule has 3 nitrogen and oxygen atoms in total. The number of fused-ring (bicyclic) bond motifs is 5. The fourth-order valence-corrected chi connectivity index (χ4v) is 7.86. The van der Waals surface area contributed by atoms with E-state index in [1.54, 1.807) is 0 Å². The Hall–Kier alpha value is -7.36. The predicted octanol–water partition coefficient (Wildman–Crippen LogP) is 14.1. The van der Waals surface area contributed by atoms with Crippen molar-refractivity contribution in [3.05, 3.63) is 212 Å². The zero-order valence-corrected chi connectivity index (χ0v) is 30.0. The Morgan fingerprint density at radius 3 is 1.45 bits per heavy atom. The minimum atomic E-state index is 0.939. The number of hydrogen-bond donors (Lipinski definition) is 0. The quantitative estimate of drug-likeness (QED) is 0.155. The highest BCUT2D eigenvalue weighted by Crippen LogP contribution is 2.44. The summed E-state index contributed by atoms with van der Waals surface area (Å²) in [6, 6.07) is 75.1. The molecule has 0 N–H and O–H groups in total. The van der Waals surface area contributed by atoms with E-state index in [2.05, 4.69) is 217 Å². The highest BCUT2D eigenvalue weighted by molar-refractivity contribution is 6.26. The summed E-state index contributed by atoms with van der Waals surface area (Å²) in [4.78, 5) is 12.9. The van der Waals surface area contributed by atoms with Gasteiger partial charge in [-0.3, -0.25) is 0 Å². The molecule has 8 aromatic carbocycles. The van der Waals surface area contributed by atoms with Crippen LogP contribution in [0.5, 0.6) is 0 Å². The van der Waals surface area contributed by atoms with Gasteiger partial charge >= 0.3 is 0 Å². The highest BCUT2D eigenvalue weighted by atomic mass is 15.1. The molecule has 0 unspecified atom stereocenters. The van der Waals surface area contributed by atoms with Crippen molar-refractivity contribution in [1.82, 2.24) is 9.97 Å². The Balaban J connectivity index is 1.31. The summed E-state index contributed by atoms with van der Waals surface area (Å²) in [6.07, 6.45) is 0. The number of anilines is 3. The van der Waals surface area contributed by atoms with Crippen LogP contribution in [0, 0.1) is 0 Å². The fourth-order valence-electron chi connectivity index (χ4n) is 7.86. The van der Waals surface area contributed by atoms with Crippen LogP contribution in [0.3, 0.4) is 0 Å². The van der Waals surface area contributed by atoms with E-state index in [-0.39, 0.29) is 0 Å². The van der Waals surface area contributed by atoms with E-state index in [0.717, 1.165) is 78.3 Å². The third-order valence-corrected chi connectivity index (χ3v) is 10.4. The van der Waals surface area contributed by atoms with Crippen molar-refractivity contribution in [3.63, 3.8) is 0 Å². The van der Waals surface area contributed by atoms with E-state index in [1.807, 2.05) is 0 Å². The second-order valence-electron chi connectivity index (χ2n) is 13.8. The van der Waals surface area contributed by atoms with Gasteiger partial charge in [0.05, 0.1) is 22.6 Å². The van der Waals surface area contributed by atoms with Crippen LogP contribution in [-0.2, 0) is 0 Å². The van der Waals surface area contributed by atoms with Crippen LogP contribution < -0.4 is 4.90 Å². The number of pyridine rings is 2. The molecule has 0 saturated heterocycles. The Kier molecular flexibility index (Phi) is 8.16. The molecule has 0 fully saturated rings. The molecule has 10 rings (SSSR count). The molecule has 0 saturated carbocycles. The molecule has 258 valence electrons. The molecule has 0 amide bonds. The lowest BCUT2D eigenvalue weighted by Gasteiger charge is -2.26. The second kappa shape index (κ2) is 13.9. The molecule has 0 bridgehead atoms. The van der Waals surface area contributed by atoms with Gasteiger partial charge in [-0.2, -0.15) is 0 Å². The minimum absolute atomic E-state index is 0.939. The van der Waals surface area contributed by atoms with Crippen LogP contribution in [0.1, 0.15) is 0 Å². The number of nitrogens with zero attached hydrogens (tertiary/aromatic N) is 3. The summed E-state index contributed by atoms with van der Waals surface area (Å²) in [6.45, 7) is 0. The number of benzene rings is 8. The largest absolute Gasteiger partial charge is 0.310 e. The van der Waals surface area contributed by atoms with Gasteiger partial charge in [0.15, 0.2) is 0 Å². The Morgan fingerprint density at radius 1 is 0.327 bits per heavy atom. The highest BCUT2D eigenvalue weighted by Gasteiger charge is 2.20. The average Bonchev–Trinajstić information content (AvgIpc) is 3.27. The number of aromatic nitrogens is 2. The zero-order chi connectivity index (χ0) is 36.6. The zero-order valence-electron chi connectivity index (χ0n) is 30.0. The van der Waals surface area contributed by atoms with Crippen molar-refractivity contribution in [2.24, 2.45) is 0 Å². The summed E-state index contributed by atoms with van der Waals surface area (Å²) < 4.78 is 0. The normalized spacial score (nSPS) is 11.3. The van der Waals surface area contributed by atoms with Crippen LogP contribution in [-0.4, -0.2) is 9.97 Å². The van der Waals surface area contributed by atoms with Crippen molar-refractivity contribution in [2.45, 2.75) is 0 Å². The van der Waals surface area contributed by atoms with Crippen molar-refractivity contribution >= 4 is 49.5 Å². The van der Waals surface area contributed by atoms with Crippen LogP contribution in [0.15, 0.2) is 212 Å². The molecule has 0 aliphatic rings. The topological polar surface area (TPSA) is 29.0 Å². The van der Waals surface area contributed by atoms with Crippen LogP contribution in [0.25, 0.3) is 77.3 Å². The molecular formula is C52H35N3. The van der Waals surface area contributed by atoms with Crippen LogP contribution >= 0.6 is 0 Å². The molecular weight excluding hydrogens is 667 g/mol. The summed E-state index contributed by atoms with van der Waals surface area (Å²) in [5, 5.41) is 5.76. The lowest BCUT2D eigenvalue weighted by Crippen LogP contribution is -2.09. The van der Waals surface area contributed by atoms with Gasteiger partial charge in [0, 0.05) is 49.9 Å². The molecule has 2 aromatic heterocycles. The lowest BCUT2D eigenvalue weighted by atomic mass is 9.89. The van der Waals surface area contributed by atoms with Gasteiger partial charge in [-0.15, -0.1) is 0 Å². The molecule has 10 aromatic rings. The van der Waals surface area contributed by atoms with Crippen molar-refractivity contribution < 1.29 is 0 Å². The molecule has 0 aliphatic carbocycles. The first-order valence-electron chi connectivity index (χ1n) is 18.7. The van der Waals surface area contributed by atoms with Crippen LogP contribution in [0.2, 0.25) is 0 Å². The van der Waals surface area contributed by atoms with Crippen molar-refractivity contribution in [1.29, 1.82) is 0 Å². The van der Waals surface area contributed by atoms with Gasteiger partial charge in [0.1, 0.15) is 0 Å². The smallest absolute Gasteiger partial charge is 0.0788 e. The Labute approximate surface area is 320 Å². The van der Waals surface area contributed by atoms with Crippen molar-refractivity contribution in [3.8, 4) is 44.9 Å². The lowest BCUT2D eigenvalue weighted by molar-refractivity contribution is 1.29. The number of para-hydroxylation sites is 2. The standard InChI is InChI=1S/C52H35N3/c1-6-17-36(18-7-1)48-33-40(34-49(53-48)37-19-8-2-9-20-37)44-28-16-23-38-29-31-45-51(50(38)44)46-35-43(30-32-47(46)54-52(45)39-21-10-3-11-22-39)55(41-24-12-4-13-25-41)42-26-14-5-15-27-42/h1-35H. The SMILES string of the molecule is c1ccc(-c2cc(-c3cccc4ccc5c(-c6ccccc6)nc6ccc(N(c7ccccc7)c7ccccc7)cc6c5c34)cc(-c3ccccc3)n2)cc1. The summed E-state index contributed by atoms with van der Waals surface area (Å²) in [5.74, 6) is 0. The molecule has 3 heteroatoms. The molecule has 2 heterocycles. The predicted molar refractivity (Wildman–Crippen MR) is 231 cm³/mol. The second-order valence-corrected chi connectivity index (χ2v) is 13.8. The molecule has 0 atom stereocenters. The van der Waals surface area contributed by atoms with Gasteiger partial charge in [0.2, 0.25) is 0 Å². The Bertz CT molecular complexity index is 2850. The van der Waals surface area contributed by atoms with E-state index in [0.29, 0.717) is 0 Å². The van der Waals surface area contributed by atoms with E-state index >= 15 is 0 Å². The van der Waals surface area contributed by atoms with E-state index in [1.165, 1.54) is 16.2 Å². The van der Waals surface area contributed by atoms with Gasteiger partial charge in [0.25, 0.3) is 0 Å². The van der Waals surface area contributed by atoms with E-state index < -0.39 is 0 Å². The third kappa shape index (κ3) is 5.98.